The first-order valence-electron chi connectivity index (χ1n) is 8.83. The van der Waals surface area contributed by atoms with Crippen molar-refractivity contribution in [2.75, 3.05) is 5.32 Å². The van der Waals surface area contributed by atoms with Gasteiger partial charge in [-0.3, -0.25) is 9.78 Å². The Morgan fingerprint density at radius 1 is 1.00 bits per heavy atom. The number of benzene rings is 2. The van der Waals surface area contributed by atoms with E-state index in [2.05, 4.69) is 15.3 Å². The summed E-state index contributed by atoms with van der Waals surface area (Å²) >= 11 is 1.26. The molecule has 0 saturated carbocycles. The van der Waals surface area contributed by atoms with E-state index in [1.807, 2.05) is 0 Å². The van der Waals surface area contributed by atoms with Crippen LogP contribution in [0.3, 0.4) is 0 Å². The number of hydrogen-bond acceptors (Lipinski definition) is 6. The molecule has 0 fully saturated rings. The average Bonchev–Trinajstić information content (AvgIpc) is 3.26. The molecule has 30 heavy (non-hydrogen) atoms. The summed E-state index contributed by atoms with van der Waals surface area (Å²) in [6, 6.07) is 15.5. The molecule has 2 aromatic carbocycles. The minimum Gasteiger partial charge on any atom is -0.422 e. The summed E-state index contributed by atoms with van der Waals surface area (Å²) in [5, 5.41) is 4.89. The van der Waals surface area contributed by atoms with E-state index in [-0.39, 0.29) is 23.2 Å². The molecule has 4 aromatic rings. The number of hydrogen-bond donors (Lipinski definition) is 1. The van der Waals surface area contributed by atoms with Gasteiger partial charge >= 0.3 is 5.97 Å². The van der Waals surface area contributed by atoms with Crippen molar-refractivity contribution in [1.29, 1.82) is 0 Å². The van der Waals surface area contributed by atoms with Crippen molar-refractivity contribution in [3.8, 4) is 16.3 Å². The van der Waals surface area contributed by atoms with E-state index >= 15 is 0 Å². The average molecular weight is 419 g/mol. The highest BCUT2D eigenvalue weighted by Gasteiger charge is 2.15. The summed E-state index contributed by atoms with van der Waals surface area (Å²) in [5.74, 6) is -0.974. The molecule has 0 unspecified atom stereocenters. The van der Waals surface area contributed by atoms with Gasteiger partial charge in [-0.15, -0.1) is 11.3 Å². The van der Waals surface area contributed by atoms with Gasteiger partial charge in [0.05, 0.1) is 11.9 Å². The quantitative estimate of drug-likeness (QED) is 0.371. The third-order valence-corrected chi connectivity index (χ3v) is 4.94. The van der Waals surface area contributed by atoms with E-state index in [9.17, 15) is 14.0 Å². The highest BCUT2D eigenvalue weighted by Crippen LogP contribution is 2.24. The summed E-state index contributed by atoms with van der Waals surface area (Å²) in [6.45, 7) is 0. The van der Waals surface area contributed by atoms with Gasteiger partial charge in [0, 0.05) is 22.7 Å². The standard InChI is InChI=1S/C22H14FN3O3S/c23-16-7-3-15(4-8-16)21-26-19(13-30-21)22(28)29-18-9-5-14(6-10-18)20(27)25-17-2-1-11-24-12-17/h1-13H,(H,25,27). The fourth-order valence-corrected chi connectivity index (χ4v) is 3.36. The molecule has 2 aromatic heterocycles. The fraction of sp³-hybridized carbons (Fsp3) is 0. The summed E-state index contributed by atoms with van der Waals surface area (Å²) in [6.07, 6.45) is 3.16. The first kappa shape index (κ1) is 19.4. The Morgan fingerprint density at radius 3 is 2.47 bits per heavy atom. The number of ether oxygens (including phenoxy) is 1. The van der Waals surface area contributed by atoms with Crippen LogP contribution in [0.2, 0.25) is 0 Å². The summed E-state index contributed by atoms with van der Waals surface area (Å²) in [5.41, 5.74) is 1.85. The Bertz CT molecular complexity index is 1180. The van der Waals surface area contributed by atoms with Crippen LogP contribution in [-0.4, -0.2) is 21.8 Å². The van der Waals surface area contributed by atoms with Crippen LogP contribution in [0.5, 0.6) is 5.75 Å². The Hall–Kier alpha value is -3.91. The number of rotatable bonds is 5. The molecule has 0 spiro atoms. The minimum atomic E-state index is -0.618. The Morgan fingerprint density at radius 2 is 1.77 bits per heavy atom. The lowest BCUT2D eigenvalue weighted by molar-refractivity contribution is 0.0729. The van der Waals surface area contributed by atoms with Crippen molar-refractivity contribution in [2.45, 2.75) is 0 Å². The van der Waals surface area contributed by atoms with E-state index in [4.69, 9.17) is 4.74 Å². The zero-order valence-electron chi connectivity index (χ0n) is 15.4. The van der Waals surface area contributed by atoms with E-state index < -0.39 is 5.97 Å². The number of pyridine rings is 1. The van der Waals surface area contributed by atoms with Crippen molar-refractivity contribution < 1.29 is 18.7 Å². The second kappa shape index (κ2) is 8.62. The van der Waals surface area contributed by atoms with Crippen LogP contribution in [-0.2, 0) is 0 Å². The van der Waals surface area contributed by atoms with E-state index in [1.54, 1.807) is 54.2 Å². The molecule has 0 radical (unpaired) electrons. The number of aromatic nitrogens is 2. The fourth-order valence-electron chi connectivity index (χ4n) is 2.57. The van der Waals surface area contributed by atoms with Crippen LogP contribution in [0.1, 0.15) is 20.8 Å². The van der Waals surface area contributed by atoms with Crippen LogP contribution in [0, 0.1) is 5.82 Å². The Balaban J connectivity index is 1.40. The number of amides is 1. The summed E-state index contributed by atoms with van der Waals surface area (Å²) in [4.78, 5) is 32.8. The third kappa shape index (κ3) is 4.56. The number of esters is 1. The SMILES string of the molecule is O=C(Nc1cccnc1)c1ccc(OC(=O)c2csc(-c3ccc(F)cc3)n2)cc1. The van der Waals surface area contributed by atoms with Crippen LogP contribution in [0.4, 0.5) is 10.1 Å². The predicted molar refractivity (Wildman–Crippen MR) is 111 cm³/mol. The van der Waals surface area contributed by atoms with Crippen molar-refractivity contribution in [1.82, 2.24) is 9.97 Å². The van der Waals surface area contributed by atoms with Gasteiger partial charge in [-0.05, 0) is 60.7 Å². The molecule has 2 heterocycles. The van der Waals surface area contributed by atoms with Gasteiger partial charge in [-0.1, -0.05) is 0 Å². The summed E-state index contributed by atoms with van der Waals surface area (Å²) in [7, 11) is 0. The molecule has 0 aliphatic carbocycles. The van der Waals surface area contributed by atoms with E-state index in [0.717, 1.165) is 0 Å². The smallest absolute Gasteiger partial charge is 0.363 e. The van der Waals surface area contributed by atoms with Crippen LogP contribution >= 0.6 is 11.3 Å². The molecule has 1 N–H and O–H groups in total. The molecule has 0 atom stereocenters. The molecule has 0 saturated heterocycles. The monoisotopic (exact) mass is 419 g/mol. The molecule has 0 bridgehead atoms. The highest BCUT2D eigenvalue weighted by atomic mass is 32.1. The number of thiazole rings is 1. The van der Waals surface area contributed by atoms with Crippen molar-refractivity contribution >= 4 is 28.9 Å². The third-order valence-electron chi connectivity index (χ3n) is 4.05. The number of halogens is 1. The maximum Gasteiger partial charge on any atom is 0.363 e. The molecule has 1 amide bonds. The predicted octanol–water partition coefficient (Wildman–Crippen LogP) is 4.82. The molecule has 0 aliphatic heterocycles. The molecule has 6 nitrogen and oxygen atoms in total. The van der Waals surface area contributed by atoms with Gasteiger partial charge in [-0.25, -0.2) is 14.2 Å². The van der Waals surface area contributed by atoms with E-state index in [0.29, 0.717) is 21.8 Å². The van der Waals surface area contributed by atoms with Gasteiger partial charge in [0.2, 0.25) is 0 Å². The Labute approximate surface area is 175 Å². The zero-order valence-corrected chi connectivity index (χ0v) is 16.2. The maximum absolute atomic E-state index is 13.0. The highest BCUT2D eigenvalue weighted by molar-refractivity contribution is 7.13. The Kier molecular flexibility index (Phi) is 5.58. The molecular formula is C22H14FN3O3S. The number of carbonyl (C=O) groups is 2. The van der Waals surface area contributed by atoms with Gasteiger partial charge in [-0.2, -0.15) is 0 Å². The summed E-state index contributed by atoms with van der Waals surface area (Å²) < 4.78 is 18.4. The second-order valence-corrected chi connectivity index (χ2v) is 7.01. The number of anilines is 1. The first-order valence-corrected chi connectivity index (χ1v) is 9.71. The van der Waals surface area contributed by atoms with Gasteiger partial charge in [0.15, 0.2) is 5.69 Å². The molecule has 8 heteroatoms. The van der Waals surface area contributed by atoms with Gasteiger partial charge < -0.3 is 10.1 Å². The molecule has 148 valence electrons. The van der Waals surface area contributed by atoms with Crippen molar-refractivity contribution in [3.63, 3.8) is 0 Å². The molecule has 0 aliphatic rings. The first-order chi connectivity index (χ1) is 14.6. The van der Waals surface area contributed by atoms with Crippen molar-refractivity contribution in [2.24, 2.45) is 0 Å². The van der Waals surface area contributed by atoms with Crippen LogP contribution < -0.4 is 10.1 Å². The van der Waals surface area contributed by atoms with Crippen molar-refractivity contribution in [3.05, 3.63) is 95.5 Å². The maximum atomic E-state index is 13.0. The number of nitrogens with one attached hydrogen (secondary N) is 1. The zero-order chi connectivity index (χ0) is 20.9. The topological polar surface area (TPSA) is 81.2 Å². The number of carbonyl (C=O) groups excluding carboxylic acids is 2. The molecular weight excluding hydrogens is 405 g/mol. The van der Waals surface area contributed by atoms with Gasteiger partial charge in [0.25, 0.3) is 5.91 Å². The number of nitrogens with zero attached hydrogens (tertiary/aromatic N) is 2. The van der Waals surface area contributed by atoms with E-state index in [1.165, 1.54) is 35.6 Å². The van der Waals surface area contributed by atoms with Crippen LogP contribution in [0.25, 0.3) is 10.6 Å². The van der Waals surface area contributed by atoms with Crippen LogP contribution in [0.15, 0.2) is 78.4 Å². The lowest BCUT2D eigenvalue weighted by atomic mass is 10.2. The lowest BCUT2D eigenvalue weighted by Crippen LogP contribution is -2.12. The second-order valence-electron chi connectivity index (χ2n) is 6.15. The minimum absolute atomic E-state index is 0.151. The lowest BCUT2D eigenvalue weighted by Gasteiger charge is -2.06. The molecule has 4 rings (SSSR count). The van der Waals surface area contributed by atoms with Gasteiger partial charge in [0.1, 0.15) is 16.6 Å². The normalized spacial score (nSPS) is 10.4. The largest absolute Gasteiger partial charge is 0.422 e.